The molecule has 0 saturated carbocycles. The Morgan fingerprint density at radius 1 is 1.25 bits per heavy atom. The lowest BCUT2D eigenvalue weighted by molar-refractivity contribution is -0.387. The van der Waals surface area contributed by atoms with E-state index >= 15 is 0 Å². The molecule has 1 N–H and O–H groups in total. The Kier molecular flexibility index (Phi) is 4.34. The molecule has 9 heteroatoms. The van der Waals surface area contributed by atoms with Crippen molar-refractivity contribution in [2.45, 2.75) is 38.6 Å². The number of para-hydroxylation sites is 1. The van der Waals surface area contributed by atoms with E-state index in [1.807, 2.05) is 25.1 Å². The number of nitrogens with one attached hydrogen (secondary N) is 1. The van der Waals surface area contributed by atoms with Crippen LogP contribution in [-0.4, -0.2) is 16.6 Å². The van der Waals surface area contributed by atoms with Crippen molar-refractivity contribution in [3.63, 3.8) is 0 Å². The summed E-state index contributed by atoms with van der Waals surface area (Å²) in [6.45, 7) is 3.41. The first-order valence-corrected chi connectivity index (χ1v) is 8.71. The van der Waals surface area contributed by atoms with Gasteiger partial charge in [0.15, 0.2) is 5.41 Å². The van der Waals surface area contributed by atoms with Gasteiger partial charge in [0.2, 0.25) is 17.1 Å². The molecule has 2 bridgehead atoms. The Balaban J connectivity index is 2.37. The van der Waals surface area contributed by atoms with Crippen LogP contribution < -0.4 is 0 Å². The lowest BCUT2D eigenvalue weighted by Gasteiger charge is -2.48. The van der Waals surface area contributed by atoms with Gasteiger partial charge < -0.3 is 9.47 Å². The van der Waals surface area contributed by atoms with Gasteiger partial charge in [-0.2, -0.15) is 15.8 Å². The third kappa shape index (κ3) is 2.10. The first-order chi connectivity index (χ1) is 13.3. The minimum Gasteiger partial charge on any atom is -0.448 e. The van der Waals surface area contributed by atoms with Crippen molar-refractivity contribution < 1.29 is 14.4 Å². The van der Waals surface area contributed by atoms with Gasteiger partial charge in [-0.05, 0) is 12.5 Å². The summed E-state index contributed by atoms with van der Waals surface area (Å²) in [4.78, 5) is 10.9. The molecule has 2 aliphatic rings. The Hall–Kier alpha value is -3.48. The van der Waals surface area contributed by atoms with E-state index in [1.54, 1.807) is 6.92 Å². The molecule has 2 aliphatic heterocycles. The maximum atomic E-state index is 11.5. The topological polar surface area (TPSA) is 157 Å². The van der Waals surface area contributed by atoms with Crippen LogP contribution in [0.4, 0.5) is 5.69 Å². The van der Waals surface area contributed by atoms with Gasteiger partial charge in [0.25, 0.3) is 5.69 Å². The third-order valence-electron chi connectivity index (χ3n) is 5.71. The van der Waals surface area contributed by atoms with Crippen molar-refractivity contribution >= 4 is 11.6 Å². The van der Waals surface area contributed by atoms with Gasteiger partial charge in [0.05, 0.1) is 34.6 Å². The van der Waals surface area contributed by atoms with Crippen LogP contribution >= 0.6 is 0 Å². The highest BCUT2D eigenvalue weighted by molar-refractivity contribution is 5.89. The zero-order chi connectivity index (χ0) is 20.7. The summed E-state index contributed by atoms with van der Waals surface area (Å²) < 4.78 is 11.6. The van der Waals surface area contributed by atoms with Crippen LogP contribution in [0.5, 0.6) is 0 Å². The summed E-state index contributed by atoms with van der Waals surface area (Å²) >= 11 is 0. The molecular formula is C19H17N5O4. The molecule has 0 aromatic heterocycles. The predicted molar refractivity (Wildman–Crippen MR) is 94.2 cm³/mol. The largest absolute Gasteiger partial charge is 0.448 e. The number of nitro benzene ring substituents is 1. The Morgan fingerprint density at radius 2 is 1.89 bits per heavy atom. The van der Waals surface area contributed by atoms with Crippen molar-refractivity contribution in [3.05, 3.63) is 39.9 Å². The van der Waals surface area contributed by atoms with Gasteiger partial charge in [-0.1, -0.05) is 25.5 Å². The summed E-state index contributed by atoms with van der Waals surface area (Å²) in [5, 5.41) is 50.2. The smallest absolute Gasteiger partial charge is 0.275 e. The van der Waals surface area contributed by atoms with Gasteiger partial charge in [0.1, 0.15) is 6.10 Å². The van der Waals surface area contributed by atoms with Crippen LogP contribution in [0.25, 0.3) is 0 Å². The molecule has 9 nitrogen and oxygen atoms in total. The SMILES string of the molecule is CCCC1C2(C)OC(=N)C1(C#N)C(C#N)(C#N)C(c1ccccc1[N+](=O)[O-])O2. The van der Waals surface area contributed by atoms with Crippen molar-refractivity contribution in [2.24, 2.45) is 16.7 Å². The first-order valence-electron chi connectivity index (χ1n) is 8.71. The van der Waals surface area contributed by atoms with Crippen LogP contribution in [0.2, 0.25) is 0 Å². The fourth-order valence-corrected chi connectivity index (χ4v) is 4.47. The molecule has 2 saturated heterocycles. The fraction of sp³-hybridized carbons (Fsp3) is 0.474. The number of nitro groups is 1. The summed E-state index contributed by atoms with van der Waals surface area (Å²) in [6, 6.07) is 11.4. The van der Waals surface area contributed by atoms with Gasteiger partial charge in [-0.25, -0.2) is 0 Å². The molecule has 3 rings (SSSR count). The predicted octanol–water partition coefficient (Wildman–Crippen LogP) is 3.35. The van der Waals surface area contributed by atoms with Crippen LogP contribution in [0.1, 0.15) is 38.4 Å². The summed E-state index contributed by atoms with van der Waals surface area (Å²) in [5.41, 5.74) is -4.44. The first kappa shape index (κ1) is 19.3. The molecule has 1 aromatic carbocycles. The van der Waals surface area contributed by atoms with Crippen LogP contribution in [0.15, 0.2) is 24.3 Å². The maximum absolute atomic E-state index is 11.5. The number of hydrogen-bond donors (Lipinski definition) is 1. The Morgan fingerprint density at radius 3 is 2.43 bits per heavy atom. The van der Waals surface area contributed by atoms with E-state index in [0.29, 0.717) is 12.8 Å². The molecule has 4 unspecified atom stereocenters. The van der Waals surface area contributed by atoms with Gasteiger partial charge in [-0.3, -0.25) is 15.5 Å². The van der Waals surface area contributed by atoms with Crippen LogP contribution in [0.3, 0.4) is 0 Å². The van der Waals surface area contributed by atoms with Crippen molar-refractivity contribution in [2.75, 3.05) is 0 Å². The number of benzene rings is 1. The van der Waals surface area contributed by atoms with E-state index in [0.717, 1.165) is 0 Å². The van der Waals surface area contributed by atoms with Crippen LogP contribution in [-0.2, 0) is 9.47 Å². The third-order valence-corrected chi connectivity index (χ3v) is 5.71. The van der Waals surface area contributed by atoms with E-state index in [4.69, 9.17) is 14.9 Å². The quantitative estimate of drug-likeness (QED) is 0.620. The number of hydrogen-bond acceptors (Lipinski definition) is 8. The monoisotopic (exact) mass is 379 g/mol. The molecule has 0 radical (unpaired) electrons. The number of ether oxygens (including phenoxy) is 2. The minimum absolute atomic E-state index is 0.00491. The molecular weight excluding hydrogens is 362 g/mol. The molecule has 4 atom stereocenters. The Labute approximate surface area is 161 Å². The zero-order valence-electron chi connectivity index (χ0n) is 15.3. The van der Waals surface area contributed by atoms with E-state index < -0.39 is 39.5 Å². The molecule has 1 aromatic rings. The molecule has 2 heterocycles. The molecule has 2 fully saturated rings. The maximum Gasteiger partial charge on any atom is 0.275 e. The Bertz CT molecular complexity index is 973. The normalized spacial score (nSPS) is 32.5. The van der Waals surface area contributed by atoms with Crippen molar-refractivity contribution in [3.8, 4) is 18.2 Å². The van der Waals surface area contributed by atoms with E-state index in [9.17, 15) is 25.9 Å². The summed E-state index contributed by atoms with van der Waals surface area (Å²) in [6.07, 6.45) is -0.460. The highest BCUT2D eigenvalue weighted by atomic mass is 16.7. The van der Waals surface area contributed by atoms with Gasteiger partial charge in [-0.15, -0.1) is 0 Å². The molecule has 28 heavy (non-hydrogen) atoms. The molecule has 142 valence electrons. The van der Waals surface area contributed by atoms with Crippen molar-refractivity contribution in [1.29, 1.82) is 21.2 Å². The number of fused-ring (bicyclic) bond motifs is 2. The van der Waals surface area contributed by atoms with Crippen LogP contribution in [0, 0.1) is 66.3 Å². The van der Waals surface area contributed by atoms with E-state index in [-0.39, 0.29) is 11.3 Å². The lowest BCUT2D eigenvalue weighted by Crippen LogP contribution is -2.58. The molecule has 0 aliphatic carbocycles. The highest BCUT2D eigenvalue weighted by Gasteiger charge is 2.79. The lowest BCUT2D eigenvalue weighted by atomic mass is 9.52. The van der Waals surface area contributed by atoms with Gasteiger partial charge in [0, 0.05) is 13.0 Å². The standard InChI is InChI=1S/C19H17N5O4/c1-3-6-14-17(2)27-15(12-7-4-5-8-13(12)24(25)26)18(9-20,10-21)19(14,11-22)16(23)28-17/h4-5,7-8,14-15,23H,3,6H2,1-2H3. The fourth-order valence-electron chi connectivity index (χ4n) is 4.47. The second-order valence-electron chi connectivity index (χ2n) is 7.05. The molecule has 0 amide bonds. The average Bonchev–Trinajstić information content (AvgIpc) is 2.85. The van der Waals surface area contributed by atoms with Crippen molar-refractivity contribution in [1.82, 2.24) is 0 Å². The highest BCUT2D eigenvalue weighted by Crippen LogP contribution is 2.67. The number of nitrogens with zero attached hydrogens (tertiary/aromatic N) is 4. The van der Waals surface area contributed by atoms with Gasteiger partial charge >= 0.3 is 0 Å². The zero-order valence-corrected chi connectivity index (χ0v) is 15.3. The summed E-state index contributed by atoms with van der Waals surface area (Å²) in [7, 11) is 0. The number of nitriles is 3. The second kappa shape index (κ2) is 6.30. The number of rotatable bonds is 4. The van der Waals surface area contributed by atoms with E-state index in [2.05, 4.69) is 0 Å². The average molecular weight is 379 g/mol. The minimum atomic E-state index is -2.19. The summed E-state index contributed by atoms with van der Waals surface area (Å²) in [5.74, 6) is -2.73. The van der Waals surface area contributed by atoms with E-state index in [1.165, 1.54) is 24.3 Å². The second-order valence-corrected chi connectivity index (χ2v) is 7.05. The molecule has 0 spiro atoms.